The van der Waals surface area contributed by atoms with Crippen molar-refractivity contribution >= 4 is 0 Å². The number of unbranched alkanes of at least 4 members (excludes halogenated alkanes) is 1. The third-order valence-corrected chi connectivity index (χ3v) is 5.09. The van der Waals surface area contributed by atoms with Gasteiger partial charge in [-0.15, -0.1) is 0 Å². The molecule has 4 heteroatoms. The summed E-state index contributed by atoms with van der Waals surface area (Å²) in [6, 6.07) is 20.7. The molecule has 1 heterocycles. The maximum absolute atomic E-state index is 10.00. The molecule has 27 heavy (non-hydrogen) atoms. The standard InChI is InChI=1S/C23H23NO3/c1-2-3-13-24-23(16-7-5-4-6-8-16)19-11-9-17(25)14-21(19)27-22-15-18(26)10-12-20(22)23/h4-12,14-15,24-26H,2-3,13H2,1H3. The van der Waals surface area contributed by atoms with E-state index in [1.165, 1.54) is 0 Å². The predicted molar refractivity (Wildman–Crippen MR) is 106 cm³/mol. The largest absolute Gasteiger partial charge is 0.508 e. The number of ether oxygens (including phenoxy) is 1. The van der Waals surface area contributed by atoms with Gasteiger partial charge in [-0.3, -0.25) is 5.32 Å². The second-order valence-corrected chi connectivity index (χ2v) is 6.86. The summed E-state index contributed by atoms with van der Waals surface area (Å²) >= 11 is 0. The van der Waals surface area contributed by atoms with Crippen LogP contribution in [0.5, 0.6) is 23.0 Å². The van der Waals surface area contributed by atoms with Crippen molar-refractivity contribution in [2.75, 3.05) is 6.54 Å². The summed E-state index contributed by atoms with van der Waals surface area (Å²) in [6.07, 6.45) is 2.12. The van der Waals surface area contributed by atoms with Crippen LogP contribution in [0.15, 0.2) is 66.7 Å². The lowest BCUT2D eigenvalue weighted by atomic mass is 9.74. The van der Waals surface area contributed by atoms with Gasteiger partial charge in [-0.05, 0) is 42.8 Å². The molecule has 1 aliphatic rings. The van der Waals surface area contributed by atoms with Gasteiger partial charge in [-0.1, -0.05) is 43.7 Å². The Morgan fingerprint density at radius 1 is 0.852 bits per heavy atom. The number of nitrogens with one attached hydrogen (secondary N) is 1. The van der Waals surface area contributed by atoms with Crippen molar-refractivity contribution in [3.8, 4) is 23.0 Å². The molecule has 0 saturated heterocycles. The fraction of sp³-hybridized carbons (Fsp3) is 0.217. The van der Waals surface area contributed by atoms with Gasteiger partial charge in [0.2, 0.25) is 0 Å². The average Bonchev–Trinajstić information content (AvgIpc) is 2.67. The number of aromatic hydroxyl groups is 2. The Bertz CT molecular complexity index is 902. The highest BCUT2D eigenvalue weighted by Crippen LogP contribution is 2.51. The van der Waals surface area contributed by atoms with E-state index in [1.54, 1.807) is 24.3 Å². The Hall–Kier alpha value is -2.98. The second-order valence-electron chi connectivity index (χ2n) is 6.86. The van der Waals surface area contributed by atoms with Gasteiger partial charge in [0.25, 0.3) is 0 Å². The lowest BCUT2D eigenvalue weighted by molar-refractivity contribution is 0.369. The number of benzene rings is 3. The van der Waals surface area contributed by atoms with Crippen LogP contribution in [0.4, 0.5) is 0 Å². The molecule has 3 N–H and O–H groups in total. The molecular formula is C23H23NO3. The van der Waals surface area contributed by atoms with Gasteiger partial charge in [0.05, 0.1) is 0 Å². The molecule has 0 aliphatic carbocycles. The van der Waals surface area contributed by atoms with Crippen LogP contribution in [0.3, 0.4) is 0 Å². The number of rotatable bonds is 5. The van der Waals surface area contributed by atoms with E-state index < -0.39 is 5.54 Å². The van der Waals surface area contributed by atoms with Crippen LogP contribution in [0.25, 0.3) is 0 Å². The zero-order valence-electron chi connectivity index (χ0n) is 15.3. The molecule has 0 fully saturated rings. The minimum Gasteiger partial charge on any atom is -0.508 e. The number of phenolic OH excluding ortho intramolecular Hbond substituents is 2. The molecule has 0 radical (unpaired) electrons. The molecular weight excluding hydrogens is 338 g/mol. The molecule has 138 valence electrons. The van der Waals surface area contributed by atoms with E-state index >= 15 is 0 Å². The zero-order chi connectivity index (χ0) is 18.9. The van der Waals surface area contributed by atoms with E-state index in [2.05, 4.69) is 24.4 Å². The first kappa shape index (κ1) is 17.4. The first-order chi connectivity index (χ1) is 13.1. The molecule has 1 aliphatic heterocycles. The molecule has 3 aromatic carbocycles. The molecule has 0 atom stereocenters. The van der Waals surface area contributed by atoms with Crippen molar-refractivity contribution in [3.63, 3.8) is 0 Å². The molecule has 0 unspecified atom stereocenters. The van der Waals surface area contributed by atoms with Gasteiger partial charge in [0.1, 0.15) is 28.5 Å². The monoisotopic (exact) mass is 361 g/mol. The van der Waals surface area contributed by atoms with Crippen molar-refractivity contribution in [2.24, 2.45) is 0 Å². The van der Waals surface area contributed by atoms with Crippen LogP contribution in [0, 0.1) is 0 Å². The lowest BCUT2D eigenvalue weighted by Crippen LogP contribution is -2.46. The minimum atomic E-state index is -0.624. The number of hydrogen-bond donors (Lipinski definition) is 3. The molecule has 4 nitrogen and oxygen atoms in total. The van der Waals surface area contributed by atoms with E-state index in [1.807, 2.05) is 30.3 Å². The molecule has 4 rings (SSSR count). The van der Waals surface area contributed by atoms with Crippen LogP contribution in [0.2, 0.25) is 0 Å². The van der Waals surface area contributed by atoms with Crippen LogP contribution < -0.4 is 10.1 Å². The van der Waals surface area contributed by atoms with Crippen LogP contribution >= 0.6 is 0 Å². The minimum absolute atomic E-state index is 0.146. The van der Waals surface area contributed by atoms with Gasteiger partial charge in [-0.25, -0.2) is 0 Å². The molecule has 0 bridgehead atoms. The third-order valence-electron chi connectivity index (χ3n) is 5.09. The first-order valence-corrected chi connectivity index (χ1v) is 9.30. The van der Waals surface area contributed by atoms with E-state index in [9.17, 15) is 10.2 Å². The summed E-state index contributed by atoms with van der Waals surface area (Å²) in [5.74, 6) is 1.46. The second kappa shape index (κ2) is 6.97. The zero-order valence-corrected chi connectivity index (χ0v) is 15.3. The summed E-state index contributed by atoms with van der Waals surface area (Å²) in [5.41, 5.74) is 2.35. The Labute approximate surface area is 159 Å². The highest BCUT2D eigenvalue weighted by Gasteiger charge is 2.43. The molecule has 0 saturated carbocycles. The van der Waals surface area contributed by atoms with Crippen molar-refractivity contribution in [1.82, 2.24) is 5.32 Å². The van der Waals surface area contributed by atoms with Gasteiger partial charge < -0.3 is 14.9 Å². The lowest BCUT2D eigenvalue weighted by Gasteiger charge is -2.41. The predicted octanol–water partition coefficient (Wildman–Crippen LogP) is 4.89. The number of phenols is 2. The van der Waals surface area contributed by atoms with Gasteiger partial charge in [0, 0.05) is 23.3 Å². The van der Waals surface area contributed by atoms with E-state index in [-0.39, 0.29) is 11.5 Å². The summed E-state index contributed by atoms with van der Waals surface area (Å²) in [7, 11) is 0. The summed E-state index contributed by atoms with van der Waals surface area (Å²) in [5, 5.41) is 23.8. The first-order valence-electron chi connectivity index (χ1n) is 9.30. The van der Waals surface area contributed by atoms with Crippen LogP contribution in [-0.4, -0.2) is 16.8 Å². The van der Waals surface area contributed by atoms with Gasteiger partial charge >= 0.3 is 0 Å². The Kier molecular flexibility index (Phi) is 4.50. The molecule has 0 amide bonds. The van der Waals surface area contributed by atoms with Gasteiger partial charge in [-0.2, -0.15) is 0 Å². The fourth-order valence-corrected chi connectivity index (χ4v) is 3.82. The Morgan fingerprint density at radius 2 is 1.44 bits per heavy atom. The molecule has 0 spiro atoms. The van der Waals surface area contributed by atoms with Crippen molar-refractivity contribution < 1.29 is 14.9 Å². The number of fused-ring (bicyclic) bond motifs is 2. The smallest absolute Gasteiger partial charge is 0.136 e. The summed E-state index contributed by atoms with van der Waals surface area (Å²) in [6.45, 7) is 2.99. The summed E-state index contributed by atoms with van der Waals surface area (Å²) in [4.78, 5) is 0. The third kappa shape index (κ3) is 2.92. The fourth-order valence-electron chi connectivity index (χ4n) is 3.82. The van der Waals surface area contributed by atoms with Crippen molar-refractivity contribution in [2.45, 2.75) is 25.3 Å². The Morgan fingerprint density at radius 3 is 2.00 bits per heavy atom. The average molecular weight is 361 g/mol. The van der Waals surface area contributed by atoms with Crippen molar-refractivity contribution in [1.29, 1.82) is 0 Å². The maximum Gasteiger partial charge on any atom is 0.136 e. The van der Waals surface area contributed by atoms with E-state index in [4.69, 9.17) is 4.74 Å². The van der Waals surface area contributed by atoms with Crippen molar-refractivity contribution in [3.05, 3.63) is 83.4 Å². The normalized spacial score (nSPS) is 14.1. The van der Waals surface area contributed by atoms with E-state index in [0.29, 0.717) is 11.5 Å². The summed E-state index contributed by atoms with van der Waals surface area (Å²) < 4.78 is 6.06. The SMILES string of the molecule is CCCCNC1(c2ccccc2)c2ccc(O)cc2Oc2cc(O)ccc21. The van der Waals surface area contributed by atoms with Crippen LogP contribution in [-0.2, 0) is 5.54 Å². The molecule has 3 aromatic rings. The quantitative estimate of drug-likeness (QED) is 0.567. The highest BCUT2D eigenvalue weighted by molar-refractivity contribution is 5.64. The molecule has 0 aromatic heterocycles. The van der Waals surface area contributed by atoms with Gasteiger partial charge in [0.15, 0.2) is 0 Å². The number of hydrogen-bond acceptors (Lipinski definition) is 4. The maximum atomic E-state index is 10.00. The topological polar surface area (TPSA) is 61.7 Å². The highest BCUT2D eigenvalue weighted by atomic mass is 16.5. The van der Waals surface area contributed by atoms with E-state index in [0.717, 1.165) is 36.1 Å². The van der Waals surface area contributed by atoms with Crippen LogP contribution in [0.1, 0.15) is 36.5 Å². The Balaban J connectivity index is 2.01.